The van der Waals surface area contributed by atoms with Gasteiger partial charge in [0.1, 0.15) is 5.75 Å². The SMILES string of the molecule is COc1ccc(C/C=C/c2ccccc2)c(C)c1. The Hall–Kier alpha value is -2.02. The second-order valence-electron chi connectivity index (χ2n) is 4.31. The maximum Gasteiger partial charge on any atom is 0.119 e. The number of methoxy groups -OCH3 is 1. The van der Waals surface area contributed by atoms with Gasteiger partial charge in [-0.2, -0.15) is 0 Å². The molecule has 0 aliphatic carbocycles. The van der Waals surface area contributed by atoms with E-state index in [0.717, 1.165) is 12.2 Å². The van der Waals surface area contributed by atoms with Gasteiger partial charge in [0.2, 0.25) is 0 Å². The third kappa shape index (κ3) is 3.24. The molecule has 0 saturated heterocycles. The number of hydrogen-bond acceptors (Lipinski definition) is 1. The van der Waals surface area contributed by atoms with Gasteiger partial charge >= 0.3 is 0 Å². The molecule has 2 aromatic carbocycles. The summed E-state index contributed by atoms with van der Waals surface area (Å²) in [7, 11) is 1.70. The molecule has 2 aromatic rings. The van der Waals surface area contributed by atoms with Crippen LogP contribution in [0.4, 0.5) is 0 Å². The topological polar surface area (TPSA) is 9.23 Å². The summed E-state index contributed by atoms with van der Waals surface area (Å²) in [5, 5.41) is 0. The molecule has 92 valence electrons. The van der Waals surface area contributed by atoms with E-state index in [9.17, 15) is 0 Å². The lowest BCUT2D eigenvalue weighted by atomic mass is 10.0. The normalized spacial score (nSPS) is 10.8. The van der Waals surface area contributed by atoms with E-state index < -0.39 is 0 Å². The minimum atomic E-state index is 0.920. The van der Waals surface area contributed by atoms with Gasteiger partial charge < -0.3 is 4.74 Å². The van der Waals surface area contributed by atoms with Crippen LogP contribution in [0.1, 0.15) is 16.7 Å². The quantitative estimate of drug-likeness (QED) is 0.773. The van der Waals surface area contributed by atoms with Crippen molar-refractivity contribution in [3.8, 4) is 5.75 Å². The van der Waals surface area contributed by atoms with Crippen LogP contribution >= 0.6 is 0 Å². The second-order valence-corrected chi connectivity index (χ2v) is 4.31. The lowest BCUT2D eigenvalue weighted by molar-refractivity contribution is 0.414. The summed E-state index contributed by atoms with van der Waals surface area (Å²) in [6.45, 7) is 2.12. The molecule has 0 unspecified atom stereocenters. The molecule has 0 radical (unpaired) electrons. The lowest BCUT2D eigenvalue weighted by Gasteiger charge is -2.05. The predicted octanol–water partition coefficient (Wildman–Crippen LogP) is 4.26. The molecule has 0 spiro atoms. The van der Waals surface area contributed by atoms with Crippen molar-refractivity contribution in [1.82, 2.24) is 0 Å². The van der Waals surface area contributed by atoms with Gasteiger partial charge in [-0.15, -0.1) is 0 Å². The summed E-state index contributed by atoms with van der Waals surface area (Å²) < 4.78 is 5.21. The Labute approximate surface area is 109 Å². The molecular formula is C17H18O. The van der Waals surface area contributed by atoms with E-state index in [-0.39, 0.29) is 0 Å². The van der Waals surface area contributed by atoms with E-state index in [2.05, 4.69) is 55.5 Å². The molecular weight excluding hydrogens is 220 g/mol. The fourth-order valence-electron chi connectivity index (χ4n) is 1.91. The molecule has 0 heterocycles. The van der Waals surface area contributed by atoms with Crippen LogP contribution < -0.4 is 4.74 Å². The number of ether oxygens (including phenoxy) is 1. The highest BCUT2D eigenvalue weighted by Crippen LogP contribution is 2.17. The predicted molar refractivity (Wildman–Crippen MR) is 76.9 cm³/mol. The van der Waals surface area contributed by atoms with Crippen molar-refractivity contribution >= 4 is 6.08 Å². The van der Waals surface area contributed by atoms with Crippen molar-refractivity contribution in [2.24, 2.45) is 0 Å². The summed E-state index contributed by atoms with van der Waals surface area (Å²) in [4.78, 5) is 0. The van der Waals surface area contributed by atoms with Gasteiger partial charge in [0.25, 0.3) is 0 Å². The van der Waals surface area contributed by atoms with E-state index in [1.807, 2.05) is 12.1 Å². The average Bonchev–Trinajstić information content (AvgIpc) is 2.42. The monoisotopic (exact) mass is 238 g/mol. The molecule has 0 amide bonds. The van der Waals surface area contributed by atoms with Gasteiger partial charge in [0.05, 0.1) is 7.11 Å². The van der Waals surface area contributed by atoms with Crippen LogP contribution in [0.25, 0.3) is 6.08 Å². The molecule has 2 rings (SSSR count). The van der Waals surface area contributed by atoms with Crippen LogP contribution in [0, 0.1) is 6.92 Å². The van der Waals surface area contributed by atoms with Gasteiger partial charge in [0, 0.05) is 0 Å². The largest absolute Gasteiger partial charge is 0.497 e. The fourth-order valence-corrected chi connectivity index (χ4v) is 1.91. The van der Waals surface area contributed by atoms with Crippen molar-refractivity contribution in [1.29, 1.82) is 0 Å². The van der Waals surface area contributed by atoms with Crippen LogP contribution in [-0.2, 0) is 6.42 Å². The molecule has 0 atom stereocenters. The van der Waals surface area contributed by atoms with Crippen molar-refractivity contribution in [2.45, 2.75) is 13.3 Å². The third-order valence-corrected chi connectivity index (χ3v) is 3.00. The first kappa shape index (κ1) is 12.4. The standard InChI is InChI=1S/C17H18O/c1-14-13-17(18-2)12-11-16(14)10-6-9-15-7-4-3-5-8-15/h3-9,11-13H,10H2,1-2H3/b9-6+. The molecule has 0 N–H and O–H groups in total. The summed E-state index contributed by atoms with van der Waals surface area (Å²) in [5.74, 6) is 0.920. The van der Waals surface area contributed by atoms with E-state index in [1.165, 1.54) is 16.7 Å². The van der Waals surface area contributed by atoms with Crippen molar-refractivity contribution in [3.05, 3.63) is 71.3 Å². The summed E-state index contributed by atoms with van der Waals surface area (Å²) in [6, 6.07) is 16.6. The highest BCUT2D eigenvalue weighted by Gasteiger charge is 1.98. The van der Waals surface area contributed by atoms with Gasteiger partial charge in [-0.05, 0) is 42.2 Å². The highest BCUT2D eigenvalue weighted by atomic mass is 16.5. The third-order valence-electron chi connectivity index (χ3n) is 3.00. The maximum atomic E-state index is 5.21. The van der Waals surface area contributed by atoms with E-state index in [1.54, 1.807) is 7.11 Å². The van der Waals surface area contributed by atoms with Crippen molar-refractivity contribution in [2.75, 3.05) is 7.11 Å². The summed E-state index contributed by atoms with van der Waals surface area (Å²) >= 11 is 0. The number of aryl methyl sites for hydroxylation is 1. The minimum Gasteiger partial charge on any atom is -0.497 e. The molecule has 0 fully saturated rings. The van der Waals surface area contributed by atoms with Crippen molar-refractivity contribution in [3.63, 3.8) is 0 Å². The number of allylic oxidation sites excluding steroid dienone is 1. The van der Waals surface area contributed by atoms with E-state index in [0.29, 0.717) is 0 Å². The zero-order chi connectivity index (χ0) is 12.8. The Morgan fingerprint density at radius 1 is 1.06 bits per heavy atom. The highest BCUT2D eigenvalue weighted by molar-refractivity contribution is 5.49. The fraction of sp³-hybridized carbons (Fsp3) is 0.176. The van der Waals surface area contributed by atoms with Gasteiger partial charge in [-0.1, -0.05) is 48.6 Å². The first-order valence-electron chi connectivity index (χ1n) is 6.14. The van der Waals surface area contributed by atoms with Crippen LogP contribution in [-0.4, -0.2) is 7.11 Å². The maximum absolute atomic E-state index is 5.21. The lowest BCUT2D eigenvalue weighted by Crippen LogP contribution is -1.89. The molecule has 0 bridgehead atoms. The zero-order valence-electron chi connectivity index (χ0n) is 10.9. The summed E-state index contributed by atoms with van der Waals surface area (Å²) in [5.41, 5.74) is 3.85. The Kier molecular flexibility index (Phi) is 4.19. The van der Waals surface area contributed by atoms with Crippen LogP contribution in [0.15, 0.2) is 54.6 Å². The molecule has 0 saturated carbocycles. The Bertz CT molecular complexity index is 527. The van der Waals surface area contributed by atoms with Crippen LogP contribution in [0.2, 0.25) is 0 Å². The first-order valence-corrected chi connectivity index (χ1v) is 6.14. The Morgan fingerprint density at radius 2 is 1.83 bits per heavy atom. The molecule has 1 heteroatoms. The molecule has 18 heavy (non-hydrogen) atoms. The van der Waals surface area contributed by atoms with Crippen LogP contribution in [0.5, 0.6) is 5.75 Å². The van der Waals surface area contributed by atoms with Gasteiger partial charge in [0.15, 0.2) is 0 Å². The van der Waals surface area contributed by atoms with Gasteiger partial charge in [-0.3, -0.25) is 0 Å². The summed E-state index contributed by atoms with van der Waals surface area (Å²) in [6.07, 6.45) is 5.30. The van der Waals surface area contributed by atoms with E-state index >= 15 is 0 Å². The van der Waals surface area contributed by atoms with Crippen molar-refractivity contribution < 1.29 is 4.74 Å². The van der Waals surface area contributed by atoms with Crippen LogP contribution in [0.3, 0.4) is 0 Å². The Balaban J connectivity index is 2.04. The molecule has 1 nitrogen and oxygen atoms in total. The number of benzene rings is 2. The smallest absolute Gasteiger partial charge is 0.119 e. The second kappa shape index (κ2) is 6.06. The minimum absolute atomic E-state index is 0.920. The number of hydrogen-bond donors (Lipinski definition) is 0. The first-order chi connectivity index (χ1) is 8.79. The average molecular weight is 238 g/mol. The molecule has 0 aliphatic rings. The molecule has 0 aliphatic heterocycles. The van der Waals surface area contributed by atoms with E-state index in [4.69, 9.17) is 4.74 Å². The zero-order valence-corrected chi connectivity index (χ0v) is 10.9. The Morgan fingerprint density at radius 3 is 2.50 bits per heavy atom. The number of rotatable bonds is 4. The molecule has 0 aromatic heterocycles. The van der Waals surface area contributed by atoms with Gasteiger partial charge in [-0.25, -0.2) is 0 Å².